The van der Waals surface area contributed by atoms with E-state index < -0.39 is 11.9 Å². The number of ether oxygens (including phenoxy) is 3. The highest BCUT2D eigenvalue weighted by atomic mass is 16.5. The molecule has 46 heavy (non-hydrogen) atoms. The van der Waals surface area contributed by atoms with E-state index in [9.17, 15) is 9.59 Å². The number of esters is 2. The molecule has 1 aromatic heterocycles. The molecule has 4 aromatic carbocycles. The van der Waals surface area contributed by atoms with Crippen LogP contribution in [0.5, 0.6) is 23.0 Å². The minimum absolute atomic E-state index is 0.330. The first-order chi connectivity index (χ1) is 22.4. The van der Waals surface area contributed by atoms with Crippen molar-refractivity contribution >= 4 is 29.7 Å². The van der Waals surface area contributed by atoms with E-state index in [1.807, 2.05) is 60.7 Å². The van der Waals surface area contributed by atoms with Gasteiger partial charge in [-0.1, -0.05) is 68.3 Å². The van der Waals surface area contributed by atoms with Crippen molar-refractivity contribution in [3.8, 4) is 23.0 Å². The number of nitrogens with zero attached hydrogens (tertiary/aromatic N) is 3. The fraction of sp³-hybridized carbons (Fsp3) is 0.0541. The van der Waals surface area contributed by atoms with Gasteiger partial charge in [0.1, 0.15) is 34.6 Å². The van der Waals surface area contributed by atoms with Crippen molar-refractivity contribution in [1.82, 2.24) is 15.0 Å². The lowest BCUT2D eigenvalue weighted by molar-refractivity contribution is -0.129. The van der Waals surface area contributed by atoms with Crippen LogP contribution in [0.3, 0.4) is 0 Å². The van der Waals surface area contributed by atoms with E-state index in [0.717, 1.165) is 28.8 Å². The molecule has 5 rings (SSSR count). The summed E-state index contributed by atoms with van der Waals surface area (Å²) in [5.74, 6) is 2.30. The van der Waals surface area contributed by atoms with Crippen LogP contribution in [0.1, 0.15) is 28.3 Å². The summed E-state index contributed by atoms with van der Waals surface area (Å²) in [4.78, 5) is 37.5. The molecule has 0 spiro atoms. The molecule has 0 radical (unpaired) electrons. The third-order valence-corrected chi connectivity index (χ3v) is 6.46. The van der Waals surface area contributed by atoms with Gasteiger partial charge in [-0.15, -0.1) is 0 Å². The molecule has 9 nitrogen and oxygen atoms in total. The molecule has 0 atom stereocenters. The Balaban J connectivity index is 1.42. The van der Waals surface area contributed by atoms with Crippen LogP contribution in [-0.4, -0.2) is 26.9 Å². The van der Waals surface area contributed by atoms with Gasteiger partial charge in [0.2, 0.25) is 5.95 Å². The number of hydrogen-bond acceptors (Lipinski definition) is 9. The van der Waals surface area contributed by atoms with E-state index in [0.29, 0.717) is 59.1 Å². The summed E-state index contributed by atoms with van der Waals surface area (Å²) in [5.41, 5.74) is 3.36. The molecular weight excluding hydrogens is 580 g/mol. The number of nitrogens with one attached hydrogen (secondary N) is 1. The lowest BCUT2D eigenvalue weighted by Crippen LogP contribution is -2.09. The monoisotopic (exact) mass is 610 g/mol. The standard InChI is InChI=1S/C37H30N4O5/c1-4-25-16-18-29(19-17-25)44-32-15-9-12-28(24-32)38-37-40-33(22-26-10-7-13-30(20-26)45-35(42)5-2)39-34(41-37)23-27-11-8-14-31(21-27)46-36(43)6-3/h4-21,24H,1-3,22-23H2,(H,38,39,40,41). The van der Waals surface area contributed by atoms with Crippen LogP contribution in [0.25, 0.3) is 6.08 Å². The Hall–Kier alpha value is -6.35. The largest absolute Gasteiger partial charge is 0.457 e. The van der Waals surface area contributed by atoms with Crippen LogP contribution in [0.2, 0.25) is 0 Å². The van der Waals surface area contributed by atoms with Crippen molar-refractivity contribution < 1.29 is 23.8 Å². The maximum Gasteiger partial charge on any atom is 0.335 e. The van der Waals surface area contributed by atoms with Gasteiger partial charge in [0.25, 0.3) is 0 Å². The van der Waals surface area contributed by atoms with Crippen LogP contribution >= 0.6 is 0 Å². The topological polar surface area (TPSA) is 113 Å². The Labute approximate surface area is 266 Å². The molecular formula is C37H30N4O5. The molecule has 9 heteroatoms. The molecule has 0 saturated heterocycles. The van der Waals surface area contributed by atoms with Gasteiger partial charge in [-0.3, -0.25) is 0 Å². The van der Waals surface area contributed by atoms with Crippen molar-refractivity contribution in [3.63, 3.8) is 0 Å². The Bertz CT molecular complexity index is 1820. The summed E-state index contributed by atoms with van der Waals surface area (Å²) in [5, 5.41) is 3.27. The zero-order valence-corrected chi connectivity index (χ0v) is 24.9. The molecule has 0 saturated carbocycles. The summed E-state index contributed by atoms with van der Waals surface area (Å²) in [7, 11) is 0. The summed E-state index contributed by atoms with van der Waals surface area (Å²) in [6, 6.07) is 29.3. The number of aromatic nitrogens is 3. The summed E-state index contributed by atoms with van der Waals surface area (Å²) in [6.45, 7) is 10.7. The number of carbonyl (C=O) groups excluding carboxylic acids is 2. The zero-order chi connectivity index (χ0) is 32.3. The number of benzene rings is 4. The fourth-order valence-electron chi connectivity index (χ4n) is 4.38. The summed E-state index contributed by atoms with van der Waals surface area (Å²) in [6.07, 6.45) is 4.66. The van der Waals surface area contributed by atoms with Crippen molar-refractivity contribution in [3.05, 3.63) is 157 Å². The summed E-state index contributed by atoms with van der Waals surface area (Å²) < 4.78 is 16.6. The van der Waals surface area contributed by atoms with Crippen molar-refractivity contribution in [1.29, 1.82) is 0 Å². The van der Waals surface area contributed by atoms with E-state index in [4.69, 9.17) is 19.2 Å². The molecule has 1 heterocycles. The maximum atomic E-state index is 11.7. The smallest absolute Gasteiger partial charge is 0.335 e. The molecule has 0 unspecified atom stereocenters. The molecule has 0 aliphatic rings. The lowest BCUT2D eigenvalue weighted by atomic mass is 10.1. The molecule has 0 amide bonds. The molecule has 0 fully saturated rings. The number of anilines is 2. The highest BCUT2D eigenvalue weighted by Crippen LogP contribution is 2.26. The SMILES string of the molecule is C=CC(=O)Oc1cccc(Cc2nc(Cc3cccc(OC(=O)C=C)c3)nc(Nc3cccc(Oc4ccc(C=C)cc4)c3)n2)c1. The highest BCUT2D eigenvalue weighted by molar-refractivity contribution is 5.83. The van der Waals surface area contributed by atoms with Gasteiger partial charge in [-0.2, -0.15) is 9.97 Å². The van der Waals surface area contributed by atoms with E-state index in [1.54, 1.807) is 42.5 Å². The van der Waals surface area contributed by atoms with Gasteiger partial charge >= 0.3 is 11.9 Å². The van der Waals surface area contributed by atoms with Gasteiger partial charge in [0.05, 0.1) is 0 Å². The Morgan fingerprint density at radius 3 is 1.72 bits per heavy atom. The highest BCUT2D eigenvalue weighted by Gasteiger charge is 2.12. The summed E-state index contributed by atoms with van der Waals surface area (Å²) >= 11 is 0. The third kappa shape index (κ3) is 8.84. The molecule has 228 valence electrons. The Morgan fingerprint density at radius 1 is 0.630 bits per heavy atom. The van der Waals surface area contributed by atoms with Gasteiger partial charge < -0.3 is 19.5 Å². The fourth-order valence-corrected chi connectivity index (χ4v) is 4.38. The predicted molar refractivity (Wildman–Crippen MR) is 176 cm³/mol. The van der Waals surface area contributed by atoms with Crippen molar-refractivity contribution in [2.75, 3.05) is 5.32 Å². The Kier molecular flexibility index (Phi) is 10.1. The minimum Gasteiger partial charge on any atom is -0.457 e. The number of hydrogen-bond donors (Lipinski definition) is 1. The van der Waals surface area contributed by atoms with Crippen molar-refractivity contribution in [2.45, 2.75) is 12.8 Å². The average Bonchev–Trinajstić information content (AvgIpc) is 3.05. The van der Waals surface area contributed by atoms with E-state index >= 15 is 0 Å². The van der Waals surface area contributed by atoms with E-state index in [1.165, 1.54) is 0 Å². The normalized spacial score (nSPS) is 10.3. The van der Waals surface area contributed by atoms with Crippen LogP contribution in [0.15, 0.2) is 129 Å². The second-order valence-electron chi connectivity index (χ2n) is 9.92. The maximum absolute atomic E-state index is 11.7. The molecule has 0 aliphatic heterocycles. The van der Waals surface area contributed by atoms with Crippen LogP contribution in [0.4, 0.5) is 11.6 Å². The second-order valence-corrected chi connectivity index (χ2v) is 9.92. The molecule has 5 aromatic rings. The first-order valence-electron chi connectivity index (χ1n) is 14.3. The third-order valence-electron chi connectivity index (χ3n) is 6.46. The average molecular weight is 611 g/mol. The van der Waals surface area contributed by atoms with Crippen LogP contribution in [0, 0.1) is 0 Å². The van der Waals surface area contributed by atoms with Crippen molar-refractivity contribution in [2.24, 2.45) is 0 Å². The van der Waals surface area contributed by atoms with Gasteiger partial charge in [-0.25, -0.2) is 14.6 Å². The molecule has 0 aliphatic carbocycles. The first kappa shape index (κ1) is 31.1. The Morgan fingerprint density at radius 2 is 1.17 bits per heavy atom. The molecule has 0 bridgehead atoms. The number of carbonyl (C=O) groups is 2. The van der Waals surface area contributed by atoms with Gasteiger partial charge in [0, 0.05) is 36.7 Å². The van der Waals surface area contributed by atoms with Crippen LogP contribution < -0.4 is 19.5 Å². The number of rotatable bonds is 13. The zero-order valence-electron chi connectivity index (χ0n) is 24.9. The molecule has 1 N–H and O–H groups in total. The van der Waals surface area contributed by atoms with Gasteiger partial charge in [-0.05, 0) is 65.2 Å². The first-order valence-corrected chi connectivity index (χ1v) is 14.3. The second kappa shape index (κ2) is 14.9. The quantitative estimate of drug-likeness (QED) is 0.0827. The van der Waals surface area contributed by atoms with E-state index in [2.05, 4.69) is 35.0 Å². The minimum atomic E-state index is -0.549. The van der Waals surface area contributed by atoms with Crippen LogP contribution in [-0.2, 0) is 22.4 Å². The van der Waals surface area contributed by atoms with Gasteiger partial charge in [0.15, 0.2) is 0 Å². The lowest BCUT2D eigenvalue weighted by Gasteiger charge is -2.12. The van der Waals surface area contributed by atoms with E-state index in [-0.39, 0.29) is 0 Å². The predicted octanol–water partition coefficient (Wildman–Crippen LogP) is 7.41.